The van der Waals surface area contributed by atoms with E-state index in [-0.39, 0.29) is 24.4 Å². The maximum Gasteiger partial charge on any atom is 0.328 e. The highest BCUT2D eigenvalue weighted by molar-refractivity contribution is 7.88. The van der Waals surface area contributed by atoms with Crippen molar-refractivity contribution in [2.45, 2.75) is 32.6 Å². The predicted octanol–water partition coefficient (Wildman–Crippen LogP) is 3.27. The van der Waals surface area contributed by atoms with Crippen LogP contribution in [0.15, 0.2) is 29.4 Å². The Morgan fingerprint density at radius 3 is 2.29 bits per heavy atom. The number of halogens is 2. The van der Waals surface area contributed by atoms with Gasteiger partial charge in [-0.1, -0.05) is 20.8 Å². The summed E-state index contributed by atoms with van der Waals surface area (Å²) in [6, 6.07) is 4.86. The summed E-state index contributed by atoms with van der Waals surface area (Å²) in [7, 11) is -2.25. The molecule has 1 heterocycles. The van der Waals surface area contributed by atoms with Crippen molar-refractivity contribution in [3.63, 3.8) is 0 Å². The molecule has 1 aliphatic heterocycles. The number of rotatable bonds is 6. The van der Waals surface area contributed by atoms with E-state index in [1.807, 2.05) is 20.8 Å². The Morgan fingerprint density at radius 1 is 1.14 bits per heavy atom. The van der Waals surface area contributed by atoms with Crippen molar-refractivity contribution in [2.24, 2.45) is 5.10 Å². The van der Waals surface area contributed by atoms with E-state index < -0.39 is 38.7 Å². The predicted molar refractivity (Wildman–Crippen MR) is 128 cm³/mol. The zero-order valence-corrected chi connectivity index (χ0v) is 20.7. The molecular formula is C23H26F2N4O5S. The molecule has 0 aromatic heterocycles. The fourth-order valence-corrected chi connectivity index (χ4v) is 3.87. The molecule has 1 aliphatic rings. The Kier molecular flexibility index (Phi) is 7.16. The standard InChI is InChI=1S/C23H26F2N4O5S/c1-23(2,3)17-11-14(29-7-6-20(30)27-22(29)31)10-15(21(17)34-4)13-8-18(24)16(19(25)9-13)12-26-28-35(5,32)33/h8-12,28H,6-7H2,1-5H3,(H,27,30,31)/b26-12+. The number of benzene rings is 2. The van der Waals surface area contributed by atoms with Gasteiger partial charge in [-0.15, -0.1) is 0 Å². The van der Waals surface area contributed by atoms with Gasteiger partial charge in [0.2, 0.25) is 15.9 Å². The zero-order valence-electron chi connectivity index (χ0n) is 19.9. The van der Waals surface area contributed by atoms with Gasteiger partial charge >= 0.3 is 6.03 Å². The Balaban J connectivity index is 2.18. The Labute approximate surface area is 202 Å². The van der Waals surface area contributed by atoms with Crippen LogP contribution >= 0.6 is 0 Å². The number of urea groups is 1. The first kappa shape index (κ1) is 26.1. The van der Waals surface area contributed by atoms with Crippen molar-refractivity contribution < 1.29 is 31.5 Å². The molecule has 2 N–H and O–H groups in total. The lowest BCUT2D eigenvalue weighted by atomic mass is 9.83. The number of hydrazone groups is 1. The molecule has 9 nitrogen and oxygen atoms in total. The summed E-state index contributed by atoms with van der Waals surface area (Å²) >= 11 is 0. The molecule has 0 aliphatic carbocycles. The second kappa shape index (κ2) is 9.61. The van der Waals surface area contributed by atoms with Crippen LogP contribution in [0.5, 0.6) is 5.75 Å². The number of carbonyl (C=O) groups excluding carboxylic acids is 2. The van der Waals surface area contributed by atoms with E-state index >= 15 is 0 Å². The van der Waals surface area contributed by atoms with E-state index in [9.17, 15) is 26.8 Å². The first-order valence-electron chi connectivity index (χ1n) is 10.5. The normalized spacial score (nSPS) is 14.9. The van der Waals surface area contributed by atoms with Crippen LogP contribution in [0.1, 0.15) is 38.3 Å². The summed E-state index contributed by atoms with van der Waals surface area (Å²) in [6.07, 6.45) is 1.69. The van der Waals surface area contributed by atoms with Crippen LogP contribution < -0.4 is 19.8 Å². The van der Waals surface area contributed by atoms with Gasteiger partial charge in [0.15, 0.2) is 0 Å². The second-order valence-electron chi connectivity index (χ2n) is 9.05. The van der Waals surface area contributed by atoms with Crippen LogP contribution in [0.4, 0.5) is 19.3 Å². The molecule has 188 valence electrons. The third-order valence-electron chi connectivity index (χ3n) is 5.25. The van der Waals surface area contributed by atoms with Crippen LogP contribution in [0, 0.1) is 11.6 Å². The van der Waals surface area contributed by atoms with Crippen LogP contribution in [-0.4, -0.2) is 46.5 Å². The molecule has 0 radical (unpaired) electrons. The van der Waals surface area contributed by atoms with Crippen LogP contribution in [0.25, 0.3) is 11.1 Å². The molecule has 2 aromatic carbocycles. The van der Waals surface area contributed by atoms with Gasteiger partial charge < -0.3 is 4.74 Å². The summed E-state index contributed by atoms with van der Waals surface area (Å²) in [5.41, 5.74) is 0.561. The minimum atomic E-state index is -3.69. The Bertz CT molecular complexity index is 1300. The maximum atomic E-state index is 14.9. The van der Waals surface area contributed by atoms with Gasteiger partial charge in [0, 0.05) is 29.8 Å². The van der Waals surface area contributed by atoms with E-state index in [1.165, 1.54) is 12.0 Å². The minimum absolute atomic E-state index is 0.108. The monoisotopic (exact) mass is 508 g/mol. The SMILES string of the molecule is COc1c(-c2cc(F)c(/C=N/NS(C)(=O)=O)c(F)c2)cc(N2CCC(=O)NC2=O)cc1C(C)(C)C. The van der Waals surface area contributed by atoms with E-state index in [4.69, 9.17) is 4.74 Å². The smallest absolute Gasteiger partial charge is 0.328 e. The Hall–Kier alpha value is -3.54. The minimum Gasteiger partial charge on any atom is -0.496 e. The average molecular weight is 509 g/mol. The highest BCUT2D eigenvalue weighted by atomic mass is 32.2. The summed E-state index contributed by atoms with van der Waals surface area (Å²) in [4.78, 5) is 27.2. The topological polar surface area (TPSA) is 117 Å². The van der Waals surface area contributed by atoms with E-state index in [0.717, 1.165) is 24.6 Å². The fraction of sp³-hybridized carbons (Fsp3) is 0.348. The lowest BCUT2D eigenvalue weighted by Gasteiger charge is -2.31. The van der Waals surface area contributed by atoms with Crippen LogP contribution in [0.2, 0.25) is 0 Å². The molecule has 0 spiro atoms. The summed E-state index contributed by atoms with van der Waals surface area (Å²) in [5.74, 6) is -1.98. The number of amides is 3. The van der Waals surface area contributed by atoms with E-state index in [2.05, 4.69) is 10.4 Å². The molecular weight excluding hydrogens is 482 g/mol. The third-order valence-corrected chi connectivity index (χ3v) is 5.69. The van der Waals surface area contributed by atoms with Gasteiger partial charge in [-0.25, -0.2) is 26.8 Å². The molecule has 12 heteroatoms. The van der Waals surface area contributed by atoms with Gasteiger partial charge in [-0.05, 0) is 35.2 Å². The van der Waals surface area contributed by atoms with E-state index in [0.29, 0.717) is 22.6 Å². The number of sulfonamides is 1. The van der Waals surface area contributed by atoms with Crippen molar-refractivity contribution >= 4 is 33.9 Å². The zero-order chi connectivity index (χ0) is 26.1. The molecule has 0 bridgehead atoms. The highest BCUT2D eigenvalue weighted by Gasteiger charge is 2.29. The molecule has 1 saturated heterocycles. The molecule has 0 saturated carbocycles. The van der Waals surface area contributed by atoms with Crippen LogP contribution in [0.3, 0.4) is 0 Å². The molecule has 3 rings (SSSR count). The number of nitrogens with one attached hydrogen (secondary N) is 2. The number of carbonyl (C=O) groups is 2. The van der Waals surface area contributed by atoms with Gasteiger partial charge in [-0.2, -0.15) is 5.10 Å². The number of imide groups is 1. The summed E-state index contributed by atoms with van der Waals surface area (Å²) in [5, 5.41) is 5.62. The van der Waals surface area contributed by atoms with Gasteiger partial charge in [-0.3, -0.25) is 15.0 Å². The molecule has 0 unspecified atom stereocenters. The molecule has 1 fully saturated rings. The molecule has 3 amide bonds. The number of methoxy groups -OCH3 is 1. The number of nitrogens with zero attached hydrogens (tertiary/aromatic N) is 2. The lowest BCUT2D eigenvalue weighted by Crippen LogP contribution is -2.49. The molecule has 0 atom stereocenters. The lowest BCUT2D eigenvalue weighted by molar-refractivity contribution is -0.120. The quantitative estimate of drug-likeness (QED) is 0.459. The van der Waals surface area contributed by atoms with Crippen LogP contribution in [-0.2, 0) is 20.2 Å². The van der Waals surface area contributed by atoms with Gasteiger partial charge in [0.1, 0.15) is 17.4 Å². The molecule has 35 heavy (non-hydrogen) atoms. The third kappa shape index (κ3) is 5.94. The first-order valence-corrected chi connectivity index (χ1v) is 12.4. The van der Waals surface area contributed by atoms with E-state index in [1.54, 1.807) is 17.0 Å². The van der Waals surface area contributed by atoms with Crippen molar-refractivity contribution in [1.29, 1.82) is 0 Å². The summed E-state index contributed by atoms with van der Waals surface area (Å²) in [6.45, 7) is 5.92. The fourth-order valence-electron chi connectivity index (χ4n) is 3.62. The number of hydrogen-bond donors (Lipinski definition) is 2. The number of anilines is 1. The number of ether oxygens (including phenoxy) is 1. The second-order valence-corrected chi connectivity index (χ2v) is 10.8. The summed E-state index contributed by atoms with van der Waals surface area (Å²) < 4.78 is 57.7. The maximum absolute atomic E-state index is 14.9. The number of hydrogen-bond acceptors (Lipinski definition) is 6. The van der Waals surface area contributed by atoms with Crippen molar-refractivity contribution in [3.8, 4) is 16.9 Å². The molecule has 2 aromatic rings. The van der Waals surface area contributed by atoms with Crippen molar-refractivity contribution in [3.05, 3.63) is 47.0 Å². The van der Waals surface area contributed by atoms with Crippen molar-refractivity contribution in [1.82, 2.24) is 10.1 Å². The highest BCUT2D eigenvalue weighted by Crippen LogP contribution is 2.43. The van der Waals surface area contributed by atoms with Crippen molar-refractivity contribution in [2.75, 3.05) is 24.8 Å². The average Bonchev–Trinajstić information content (AvgIpc) is 2.73. The van der Waals surface area contributed by atoms with Gasteiger partial charge in [0.05, 0.1) is 25.1 Å². The van der Waals surface area contributed by atoms with Gasteiger partial charge in [0.25, 0.3) is 0 Å². The largest absolute Gasteiger partial charge is 0.496 e. The Morgan fingerprint density at radius 2 is 1.77 bits per heavy atom. The first-order chi connectivity index (χ1) is 16.2.